The molecule has 0 heterocycles. The van der Waals surface area contributed by atoms with Gasteiger partial charge in [0.1, 0.15) is 10.7 Å². The molecule has 0 aliphatic rings. The molecule has 2 N–H and O–H groups in total. The van der Waals surface area contributed by atoms with Gasteiger partial charge < -0.3 is 5.32 Å². The predicted molar refractivity (Wildman–Crippen MR) is 78.8 cm³/mol. The number of hydrogen-bond acceptors (Lipinski definition) is 3. The van der Waals surface area contributed by atoms with Gasteiger partial charge in [0.2, 0.25) is 10.0 Å². The van der Waals surface area contributed by atoms with E-state index in [-0.39, 0.29) is 29.2 Å². The van der Waals surface area contributed by atoms with Gasteiger partial charge in [0.15, 0.2) is 0 Å². The third-order valence-corrected chi connectivity index (χ3v) is 4.34. The summed E-state index contributed by atoms with van der Waals surface area (Å²) in [6.45, 7) is 7.39. The van der Waals surface area contributed by atoms with Crippen LogP contribution in [0.25, 0.3) is 0 Å². The molecule has 20 heavy (non-hydrogen) atoms. The molecule has 4 nitrogen and oxygen atoms in total. The Balaban J connectivity index is 3.21. The summed E-state index contributed by atoms with van der Waals surface area (Å²) in [5.41, 5.74) is 0.232. The molecule has 0 aromatic heterocycles. The number of sulfonamides is 1. The third kappa shape index (κ3) is 4.70. The zero-order valence-corrected chi connectivity index (χ0v) is 13.6. The fraction of sp³-hybridized carbons (Fsp3) is 0.538. The van der Waals surface area contributed by atoms with Gasteiger partial charge in [-0.15, -0.1) is 0 Å². The van der Waals surface area contributed by atoms with Crippen LogP contribution in [-0.2, 0) is 16.6 Å². The van der Waals surface area contributed by atoms with Gasteiger partial charge in [0.05, 0.1) is 0 Å². The molecule has 0 aliphatic carbocycles. The Morgan fingerprint density at radius 1 is 1.20 bits per heavy atom. The Bertz CT molecular complexity index is 574. The standard InChI is InChI=1S/C13H20ClFN2O2S/c1-8(2)16-7-10-5-11(14)6-12(13(10)15)20(18,19)17-9(3)4/h5-6,8-9,16-17H,7H2,1-4H3. The Morgan fingerprint density at radius 2 is 1.80 bits per heavy atom. The first-order valence-corrected chi connectivity index (χ1v) is 8.23. The van der Waals surface area contributed by atoms with Crippen LogP contribution in [0.5, 0.6) is 0 Å². The van der Waals surface area contributed by atoms with Crippen LogP contribution < -0.4 is 10.0 Å². The minimum Gasteiger partial charge on any atom is -0.310 e. The van der Waals surface area contributed by atoms with Crippen molar-refractivity contribution in [2.24, 2.45) is 0 Å². The molecule has 0 atom stereocenters. The Labute approximate surface area is 124 Å². The van der Waals surface area contributed by atoms with Crippen LogP contribution in [0.1, 0.15) is 33.3 Å². The molecule has 1 aromatic carbocycles. The van der Waals surface area contributed by atoms with E-state index in [1.807, 2.05) is 13.8 Å². The van der Waals surface area contributed by atoms with Crippen LogP contribution in [0, 0.1) is 5.82 Å². The second-order valence-corrected chi connectivity index (χ2v) is 7.31. The zero-order valence-electron chi connectivity index (χ0n) is 12.0. The number of nitrogens with one attached hydrogen (secondary N) is 2. The molecule has 0 spiro atoms. The van der Waals surface area contributed by atoms with Crippen LogP contribution in [0.3, 0.4) is 0 Å². The summed E-state index contributed by atoms with van der Waals surface area (Å²) in [6, 6.07) is 2.39. The highest BCUT2D eigenvalue weighted by molar-refractivity contribution is 7.89. The van der Waals surface area contributed by atoms with E-state index in [1.165, 1.54) is 6.07 Å². The highest BCUT2D eigenvalue weighted by Gasteiger charge is 2.23. The van der Waals surface area contributed by atoms with E-state index in [0.29, 0.717) is 0 Å². The van der Waals surface area contributed by atoms with Crippen molar-refractivity contribution in [2.45, 2.75) is 51.2 Å². The maximum Gasteiger partial charge on any atom is 0.243 e. The third-order valence-electron chi connectivity index (χ3n) is 2.46. The van der Waals surface area contributed by atoms with Gasteiger partial charge in [-0.1, -0.05) is 25.4 Å². The van der Waals surface area contributed by atoms with Crippen molar-refractivity contribution in [3.8, 4) is 0 Å². The summed E-state index contributed by atoms with van der Waals surface area (Å²) in [4.78, 5) is -0.417. The molecular formula is C13H20ClFN2O2S. The summed E-state index contributed by atoms with van der Waals surface area (Å²) >= 11 is 5.89. The van der Waals surface area contributed by atoms with E-state index in [9.17, 15) is 12.8 Å². The summed E-state index contributed by atoms with van der Waals surface area (Å²) in [5, 5.41) is 3.23. The van der Waals surface area contributed by atoms with Crippen molar-refractivity contribution in [1.29, 1.82) is 0 Å². The second kappa shape index (κ2) is 6.85. The van der Waals surface area contributed by atoms with Gasteiger partial charge >= 0.3 is 0 Å². The van der Waals surface area contributed by atoms with Crippen molar-refractivity contribution in [3.63, 3.8) is 0 Å². The molecule has 0 aliphatic heterocycles. The highest BCUT2D eigenvalue weighted by Crippen LogP contribution is 2.24. The fourth-order valence-corrected chi connectivity index (χ4v) is 3.33. The molecule has 0 radical (unpaired) electrons. The summed E-state index contributed by atoms with van der Waals surface area (Å²) in [5.74, 6) is -0.768. The van der Waals surface area contributed by atoms with Crippen molar-refractivity contribution in [1.82, 2.24) is 10.0 Å². The van der Waals surface area contributed by atoms with E-state index >= 15 is 0 Å². The van der Waals surface area contributed by atoms with Gasteiger partial charge in [-0.05, 0) is 26.0 Å². The lowest BCUT2D eigenvalue weighted by Gasteiger charge is -2.14. The maximum absolute atomic E-state index is 14.3. The Hall–Kier alpha value is -0.690. The molecule has 1 aromatic rings. The maximum atomic E-state index is 14.3. The van der Waals surface area contributed by atoms with Crippen molar-refractivity contribution >= 4 is 21.6 Å². The van der Waals surface area contributed by atoms with Crippen LogP contribution in [0.2, 0.25) is 5.02 Å². The largest absolute Gasteiger partial charge is 0.310 e. The van der Waals surface area contributed by atoms with E-state index < -0.39 is 20.7 Å². The quantitative estimate of drug-likeness (QED) is 0.846. The lowest BCUT2D eigenvalue weighted by molar-refractivity contribution is 0.526. The van der Waals surface area contributed by atoms with Crippen molar-refractivity contribution < 1.29 is 12.8 Å². The van der Waals surface area contributed by atoms with Gasteiger partial charge in [-0.3, -0.25) is 0 Å². The van der Waals surface area contributed by atoms with Crippen LogP contribution in [0.4, 0.5) is 4.39 Å². The molecule has 7 heteroatoms. The van der Waals surface area contributed by atoms with Crippen LogP contribution in [0.15, 0.2) is 17.0 Å². The molecule has 0 fully saturated rings. The average Bonchev–Trinajstić information content (AvgIpc) is 2.27. The average molecular weight is 323 g/mol. The van der Waals surface area contributed by atoms with Crippen LogP contribution in [-0.4, -0.2) is 20.5 Å². The molecule has 1 rings (SSSR count). The number of hydrogen-bond donors (Lipinski definition) is 2. The first-order valence-electron chi connectivity index (χ1n) is 6.37. The summed E-state index contributed by atoms with van der Waals surface area (Å²) < 4.78 is 40.8. The minimum atomic E-state index is -3.91. The Kier molecular flexibility index (Phi) is 5.94. The van der Waals surface area contributed by atoms with E-state index in [2.05, 4.69) is 10.0 Å². The smallest absolute Gasteiger partial charge is 0.243 e. The lowest BCUT2D eigenvalue weighted by Crippen LogP contribution is -2.31. The van der Waals surface area contributed by atoms with Gasteiger partial charge in [-0.25, -0.2) is 17.5 Å². The predicted octanol–water partition coefficient (Wildman–Crippen LogP) is 2.66. The molecule has 0 saturated carbocycles. The molecule has 114 valence electrons. The topological polar surface area (TPSA) is 58.2 Å². The second-order valence-electron chi connectivity index (χ2n) is 5.19. The number of benzene rings is 1. The first kappa shape index (κ1) is 17.4. The van der Waals surface area contributed by atoms with E-state index in [0.717, 1.165) is 6.07 Å². The van der Waals surface area contributed by atoms with Gasteiger partial charge in [0, 0.05) is 29.2 Å². The monoisotopic (exact) mass is 322 g/mol. The molecule has 0 unspecified atom stereocenters. The molecule has 0 saturated heterocycles. The zero-order chi connectivity index (χ0) is 15.5. The number of halogens is 2. The van der Waals surface area contributed by atoms with Gasteiger partial charge in [0.25, 0.3) is 0 Å². The lowest BCUT2D eigenvalue weighted by atomic mass is 10.2. The molecular weight excluding hydrogens is 303 g/mol. The molecule has 0 bridgehead atoms. The van der Waals surface area contributed by atoms with Crippen LogP contribution >= 0.6 is 11.6 Å². The number of rotatable bonds is 6. The van der Waals surface area contributed by atoms with Crippen molar-refractivity contribution in [2.75, 3.05) is 0 Å². The highest BCUT2D eigenvalue weighted by atomic mass is 35.5. The first-order chi connectivity index (χ1) is 9.13. The molecule has 0 amide bonds. The fourth-order valence-electron chi connectivity index (χ4n) is 1.63. The van der Waals surface area contributed by atoms with E-state index in [4.69, 9.17) is 11.6 Å². The Morgan fingerprint density at radius 3 is 2.30 bits per heavy atom. The summed E-state index contributed by atoms with van der Waals surface area (Å²) in [6.07, 6.45) is 0. The SMILES string of the molecule is CC(C)NCc1cc(Cl)cc(S(=O)(=O)NC(C)C)c1F. The normalized spacial score (nSPS) is 12.4. The van der Waals surface area contributed by atoms with E-state index in [1.54, 1.807) is 13.8 Å². The summed E-state index contributed by atoms with van der Waals surface area (Å²) in [7, 11) is -3.91. The van der Waals surface area contributed by atoms with Gasteiger partial charge in [-0.2, -0.15) is 0 Å². The minimum absolute atomic E-state index is 0.155. The van der Waals surface area contributed by atoms with Crippen molar-refractivity contribution in [3.05, 3.63) is 28.5 Å².